The maximum Gasteiger partial charge on any atom is 0.225 e. The van der Waals surface area contributed by atoms with Crippen molar-refractivity contribution in [2.24, 2.45) is 11.8 Å². The summed E-state index contributed by atoms with van der Waals surface area (Å²) >= 11 is 0. The van der Waals surface area contributed by atoms with Gasteiger partial charge in [0.15, 0.2) is 0 Å². The van der Waals surface area contributed by atoms with E-state index in [1.54, 1.807) is 12.4 Å². The molecule has 0 bridgehead atoms. The fourth-order valence-corrected chi connectivity index (χ4v) is 3.72. The zero-order valence-corrected chi connectivity index (χ0v) is 15.0. The predicted molar refractivity (Wildman–Crippen MR) is 95.6 cm³/mol. The molecule has 2 amide bonds. The molecule has 1 N–H and O–H groups in total. The van der Waals surface area contributed by atoms with E-state index in [2.05, 4.69) is 22.2 Å². The average Bonchev–Trinajstić information content (AvgIpc) is 2.67. The van der Waals surface area contributed by atoms with E-state index in [9.17, 15) is 9.59 Å². The lowest BCUT2D eigenvalue weighted by atomic mass is 9.81. The molecule has 6 heteroatoms. The predicted octanol–water partition coefficient (Wildman–Crippen LogP) is 1.28. The third-order valence-electron chi connectivity index (χ3n) is 5.45. The zero-order chi connectivity index (χ0) is 17.6. The Morgan fingerprint density at radius 2 is 1.80 bits per heavy atom. The molecule has 2 aliphatic rings. The molecule has 0 atom stereocenters. The summed E-state index contributed by atoms with van der Waals surface area (Å²) in [5.74, 6) is 0.538. The van der Waals surface area contributed by atoms with Crippen LogP contribution in [0.1, 0.15) is 31.2 Å². The standard InChI is InChI=1S/C19H28N4O2/c1-22-9-11-23(12-10-22)19(25)17-6-4-16(5-7-17)18(24)21-14-15-3-2-8-20-13-15/h2-3,8,13,16-17H,4-7,9-12,14H2,1H3,(H,21,24). The number of carbonyl (C=O) groups is 2. The van der Waals surface area contributed by atoms with Gasteiger partial charge in [-0.15, -0.1) is 0 Å². The van der Waals surface area contributed by atoms with Crippen LogP contribution in [0.4, 0.5) is 0 Å². The Morgan fingerprint density at radius 3 is 2.44 bits per heavy atom. The van der Waals surface area contributed by atoms with Gasteiger partial charge in [0.1, 0.15) is 0 Å². The smallest absolute Gasteiger partial charge is 0.225 e. The van der Waals surface area contributed by atoms with Crippen molar-refractivity contribution in [2.75, 3.05) is 33.2 Å². The van der Waals surface area contributed by atoms with Gasteiger partial charge in [0, 0.05) is 57.0 Å². The summed E-state index contributed by atoms with van der Waals surface area (Å²) in [4.78, 5) is 33.3. The van der Waals surface area contributed by atoms with E-state index < -0.39 is 0 Å². The summed E-state index contributed by atoms with van der Waals surface area (Å²) in [6.07, 6.45) is 6.77. The highest BCUT2D eigenvalue weighted by atomic mass is 16.2. The Bertz CT molecular complexity index is 576. The van der Waals surface area contributed by atoms with Gasteiger partial charge in [-0.25, -0.2) is 0 Å². The number of likely N-dealkylation sites (N-methyl/N-ethyl adjacent to an activating group) is 1. The van der Waals surface area contributed by atoms with Crippen LogP contribution < -0.4 is 5.32 Å². The van der Waals surface area contributed by atoms with Crippen LogP contribution in [-0.4, -0.2) is 59.8 Å². The molecule has 1 aromatic rings. The molecule has 0 radical (unpaired) electrons. The molecule has 1 aliphatic carbocycles. The molecule has 2 heterocycles. The first kappa shape index (κ1) is 17.9. The fraction of sp³-hybridized carbons (Fsp3) is 0.632. The third-order valence-corrected chi connectivity index (χ3v) is 5.45. The lowest BCUT2D eigenvalue weighted by molar-refractivity contribution is -0.139. The van der Waals surface area contributed by atoms with E-state index in [0.29, 0.717) is 12.5 Å². The molecule has 6 nitrogen and oxygen atoms in total. The zero-order valence-electron chi connectivity index (χ0n) is 15.0. The Morgan fingerprint density at radius 1 is 1.12 bits per heavy atom. The van der Waals surface area contributed by atoms with Crippen LogP contribution in [0.2, 0.25) is 0 Å². The lowest BCUT2D eigenvalue weighted by Gasteiger charge is -2.36. The Balaban J connectivity index is 1.42. The number of aromatic nitrogens is 1. The van der Waals surface area contributed by atoms with Crippen LogP contribution in [0.5, 0.6) is 0 Å². The summed E-state index contributed by atoms with van der Waals surface area (Å²) in [5, 5.41) is 3.00. The quantitative estimate of drug-likeness (QED) is 0.894. The highest BCUT2D eigenvalue weighted by molar-refractivity contribution is 5.81. The summed E-state index contributed by atoms with van der Waals surface area (Å²) in [5.41, 5.74) is 1.01. The number of pyridine rings is 1. The van der Waals surface area contributed by atoms with E-state index in [-0.39, 0.29) is 17.7 Å². The molecule has 2 fully saturated rings. The average molecular weight is 344 g/mol. The van der Waals surface area contributed by atoms with Crippen LogP contribution in [-0.2, 0) is 16.1 Å². The molecular formula is C19H28N4O2. The maximum absolute atomic E-state index is 12.6. The van der Waals surface area contributed by atoms with Crippen molar-refractivity contribution >= 4 is 11.8 Å². The number of hydrogen-bond acceptors (Lipinski definition) is 4. The molecule has 1 aromatic heterocycles. The Labute approximate surface area is 149 Å². The van der Waals surface area contributed by atoms with E-state index in [1.807, 2.05) is 17.0 Å². The van der Waals surface area contributed by atoms with Crippen molar-refractivity contribution in [3.63, 3.8) is 0 Å². The molecule has 1 aliphatic heterocycles. The maximum atomic E-state index is 12.6. The van der Waals surface area contributed by atoms with Crippen LogP contribution in [0.15, 0.2) is 24.5 Å². The van der Waals surface area contributed by atoms with Crippen molar-refractivity contribution < 1.29 is 9.59 Å². The summed E-state index contributed by atoms with van der Waals surface area (Å²) in [6, 6.07) is 3.83. The van der Waals surface area contributed by atoms with Gasteiger partial charge in [0.05, 0.1) is 0 Å². The Kier molecular flexibility index (Phi) is 6.02. The normalized spacial score (nSPS) is 24.8. The summed E-state index contributed by atoms with van der Waals surface area (Å²) < 4.78 is 0. The first-order chi connectivity index (χ1) is 12.1. The molecular weight excluding hydrogens is 316 g/mol. The largest absolute Gasteiger partial charge is 0.352 e. The molecule has 0 aromatic carbocycles. The van der Waals surface area contributed by atoms with Crippen LogP contribution in [0, 0.1) is 11.8 Å². The number of carbonyl (C=O) groups excluding carboxylic acids is 2. The SMILES string of the molecule is CN1CCN(C(=O)C2CCC(C(=O)NCc3cccnc3)CC2)CC1. The topological polar surface area (TPSA) is 65.5 Å². The van der Waals surface area contributed by atoms with Crippen LogP contribution in [0.25, 0.3) is 0 Å². The second-order valence-corrected chi connectivity index (χ2v) is 7.26. The lowest BCUT2D eigenvalue weighted by Crippen LogP contribution is -2.49. The fourth-order valence-electron chi connectivity index (χ4n) is 3.72. The van der Waals surface area contributed by atoms with Crippen molar-refractivity contribution in [2.45, 2.75) is 32.2 Å². The second-order valence-electron chi connectivity index (χ2n) is 7.26. The number of hydrogen-bond donors (Lipinski definition) is 1. The molecule has 136 valence electrons. The number of nitrogens with one attached hydrogen (secondary N) is 1. The highest BCUT2D eigenvalue weighted by Crippen LogP contribution is 2.30. The number of nitrogens with zero attached hydrogens (tertiary/aromatic N) is 3. The van der Waals surface area contributed by atoms with E-state index in [0.717, 1.165) is 57.4 Å². The third kappa shape index (κ3) is 4.78. The minimum atomic E-state index is 0.0354. The first-order valence-electron chi connectivity index (χ1n) is 9.27. The molecule has 0 spiro atoms. The van der Waals surface area contributed by atoms with E-state index in [1.165, 1.54) is 0 Å². The highest BCUT2D eigenvalue weighted by Gasteiger charge is 2.32. The molecule has 1 saturated heterocycles. The van der Waals surface area contributed by atoms with E-state index in [4.69, 9.17) is 0 Å². The first-order valence-corrected chi connectivity index (χ1v) is 9.27. The number of piperazine rings is 1. The molecule has 1 saturated carbocycles. The van der Waals surface area contributed by atoms with Gasteiger partial charge in [0.2, 0.25) is 11.8 Å². The number of rotatable bonds is 4. The second kappa shape index (κ2) is 8.43. The molecule has 3 rings (SSSR count). The molecule has 25 heavy (non-hydrogen) atoms. The number of amides is 2. The van der Waals surface area contributed by atoms with Gasteiger partial charge >= 0.3 is 0 Å². The van der Waals surface area contributed by atoms with Gasteiger partial charge in [-0.3, -0.25) is 14.6 Å². The van der Waals surface area contributed by atoms with E-state index >= 15 is 0 Å². The van der Waals surface area contributed by atoms with Gasteiger partial charge in [-0.1, -0.05) is 6.07 Å². The van der Waals surface area contributed by atoms with Crippen molar-refractivity contribution in [1.82, 2.24) is 20.1 Å². The van der Waals surface area contributed by atoms with Crippen LogP contribution in [0.3, 0.4) is 0 Å². The van der Waals surface area contributed by atoms with Gasteiger partial charge in [-0.05, 0) is 44.4 Å². The van der Waals surface area contributed by atoms with Gasteiger partial charge in [0.25, 0.3) is 0 Å². The summed E-state index contributed by atoms with van der Waals surface area (Å²) in [6.45, 7) is 4.10. The van der Waals surface area contributed by atoms with Crippen LogP contribution >= 0.6 is 0 Å². The minimum absolute atomic E-state index is 0.0354. The molecule has 0 unspecified atom stereocenters. The Hall–Kier alpha value is -1.95. The summed E-state index contributed by atoms with van der Waals surface area (Å²) in [7, 11) is 2.09. The monoisotopic (exact) mass is 344 g/mol. The van der Waals surface area contributed by atoms with Crippen molar-refractivity contribution in [3.05, 3.63) is 30.1 Å². The van der Waals surface area contributed by atoms with Crippen molar-refractivity contribution in [3.8, 4) is 0 Å². The van der Waals surface area contributed by atoms with Gasteiger partial charge in [-0.2, -0.15) is 0 Å². The van der Waals surface area contributed by atoms with Crippen molar-refractivity contribution in [1.29, 1.82) is 0 Å². The van der Waals surface area contributed by atoms with Gasteiger partial charge < -0.3 is 15.1 Å². The minimum Gasteiger partial charge on any atom is -0.352 e.